The molecule has 0 aliphatic rings. The molecule has 0 aliphatic carbocycles. The van der Waals surface area contributed by atoms with Crippen LogP contribution in [0, 0.1) is 5.41 Å². The monoisotopic (exact) mass is 284 g/mol. The van der Waals surface area contributed by atoms with E-state index in [2.05, 4.69) is 13.2 Å². The number of rotatable bonds is 11. The van der Waals surface area contributed by atoms with Gasteiger partial charge in [-0.2, -0.15) is 0 Å². The van der Waals surface area contributed by atoms with Crippen LogP contribution in [0.25, 0.3) is 0 Å². The predicted molar refractivity (Wildman–Crippen MR) is 76.1 cm³/mol. The normalized spacial score (nSPS) is 10.7. The van der Waals surface area contributed by atoms with Gasteiger partial charge in [0.25, 0.3) is 0 Å². The second-order valence-electron chi connectivity index (χ2n) is 4.53. The van der Waals surface area contributed by atoms with Crippen molar-refractivity contribution in [1.29, 1.82) is 0 Å². The lowest BCUT2D eigenvalue weighted by Crippen LogP contribution is -2.38. The summed E-state index contributed by atoms with van der Waals surface area (Å²) in [6, 6.07) is 0. The maximum Gasteiger partial charge on any atom is 0.330 e. The van der Waals surface area contributed by atoms with E-state index in [0.29, 0.717) is 19.6 Å². The van der Waals surface area contributed by atoms with Gasteiger partial charge in [0.2, 0.25) is 0 Å². The zero-order chi connectivity index (χ0) is 15.4. The van der Waals surface area contributed by atoms with E-state index >= 15 is 0 Å². The van der Waals surface area contributed by atoms with Gasteiger partial charge in [-0.3, -0.25) is 0 Å². The zero-order valence-corrected chi connectivity index (χ0v) is 12.4. The first kappa shape index (κ1) is 18.4. The van der Waals surface area contributed by atoms with Gasteiger partial charge in [-0.25, -0.2) is 9.59 Å². The van der Waals surface area contributed by atoms with Crippen molar-refractivity contribution in [3.05, 3.63) is 25.3 Å². The molecule has 0 spiro atoms. The van der Waals surface area contributed by atoms with E-state index in [0.717, 1.165) is 18.6 Å². The minimum Gasteiger partial charge on any atom is -0.462 e. The summed E-state index contributed by atoms with van der Waals surface area (Å²) < 4.78 is 15.7. The molecule has 0 heterocycles. The molecule has 0 unspecified atom stereocenters. The van der Waals surface area contributed by atoms with Crippen molar-refractivity contribution in [2.75, 3.05) is 26.4 Å². The number of ether oxygens (including phenoxy) is 3. The molecule has 0 aromatic heterocycles. The Bertz CT molecular complexity index is 311. The molecule has 0 radical (unpaired) electrons. The summed E-state index contributed by atoms with van der Waals surface area (Å²) in [7, 11) is 0. The van der Waals surface area contributed by atoms with Crippen LogP contribution >= 0.6 is 0 Å². The Kier molecular flexibility index (Phi) is 9.38. The largest absolute Gasteiger partial charge is 0.462 e. The van der Waals surface area contributed by atoms with Gasteiger partial charge in [0.1, 0.15) is 13.2 Å². The summed E-state index contributed by atoms with van der Waals surface area (Å²) in [5.74, 6) is -1.01. The van der Waals surface area contributed by atoms with Gasteiger partial charge < -0.3 is 14.2 Å². The highest BCUT2D eigenvalue weighted by Gasteiger charge is 2.32. The quantitative estimate of drug-likeness (QED) is 0.331. The molecular weight excluding hydrogens is 260 g/mol. The highest BCUT2D eigenvalue weighted by molar-refractivity contribution is 5.81. The summed E-state index contributed by atoms with van der Waals surface area (Å²) in [4.78, 5) is 22.4. The second kappa shape index (κ2) is 10.2. The smallest absolute Gasteiger partial charge is 0.330 e. The van der Waals surface area contributed by atoms with Crippen LogP contribution in [-0.2, 0) is 23.8 Å². The van der Waals surface area contributed by atoms with Crippen molar-refractivity contribution >= 4 is 11.9 Å². The molecule has 0 N–H and O–H groups in total. The fourth-order valence-corrected chi connectivity index (χ4v) is 1.43. The van der Waals surface area contributed by atoms with Gasteiger partial charge in [-0.1, -0.05) is 27.0 Å². The van der Waals surface area contributed by atoms with Crippen LogP contribution in [0.15, 0.2) is 25.3 Å². The van der Waals surface area contributed by atoms with Crippen molar-refractivity contribution in [2.24, 2.45) is 5.41 Å². The van der Waals surface area contributed by atoms with Crippen molar-refractivity contribution < 1.29 is 23.8 Å². The molecule has 0 amide bonds. The standard InChI is InChI=1S/C15H24O5/c1-5-9-18-10-15(8-4,11-19-13(16)6-2)12-20-14(17)7-3/h6-7H,2-3,5,8-12H2,1,4H3. The number of esters is 2. The van der Waals surface area contributed by atoms with Crippen LogP contribution in [0.4, 0.5) is 0 Å². The Hall–Kier alpha value is -1.62. The predicted octanol–water partition coefficient (Wildman–Crippen LogP) is 2.27. The summed E-state index contributed by atoms with van der Waals surface area (Å²) >= 11 is 0. The Labute approximate surface area is 120 Å². The molecule has 0 aromatic rings. The Balaban J connectivity index is 4.66. The molecule has 0 aromatic carbocycles. The molecule has 0 saturated heterocycles. The van der Waals surface area contributed by atoms with Crippen molar-refractivity contribution in [3.8, 4) is 0 Å². The molecule has 114 valence electrons. The lowest BCUT2D eigenvalue weighted by atomic mass is 9.88. The molecule has 0 aliphatic heterocycles. The maximum absolute atomic E-state index is 11.2. The molecule has 0 rings (SSSR count). The average Bonchev–Trinajstić information content (AvgIpc) is 2.49. The van der Waals surface area contributed by atoms with Crippen molar-refractivity contribution in [2.45, 2.75) is 26.7 Å². The van der Waals surface area contributed by atoms with E-state index in [9.17, 15) is 9.59 Å². The lowest BCUT2D eigenvalue weighted by Gasteiger charge is -2.31. The van der Waals surface area contributed by atoms with E-state index in [-0.39, 0.29) is 13.2 Å². The Morgan fingerprint density at radius 2 is 1.50 bits per heavy atom. The number of hydrogen-bond acceptors (Lipinski definition) is 5. The number of carbonyl (C=O) groups excluding carboxylic acids is 2. The second-order valence-corrected chi connectivity index (χ2v) is 4.53. The molecule has 20 heavy (non-hydrogen) atoms. The van der Waals surface area contributed by atoms with Crippen LogP contribution in [-0.4, -0.2) is 38.4 Å². The van der Waals surface area contributed by atoms with E-state index in [1.165, 1.54) is 0 Å². The third kappa shape index (κ3) is 7.09. The number of carbonyl (C=O) groups is 2. The third-order valence-corrected chi connectivity index (χ3v) is 2.88. The van der Waals surface area contributed by atoms with Crippen LogP contribution in [0.3, 0.4) is 0 Å². The van der Waals surface area contributed by atoms with Gasteiger partial charge in [0.15, 0.2) is 0 Å². The molecule has 5 heteroatoms. The molecule has 0 bridgehead atoms. The minimum absolute atomic E-state index is 0.114. The first-order valence-electron chi connectivity index (χ1n) is 6.69. The topological polar surface area (TPSA) is 61.8 Å². The average molecular weight is 284 g/mol. The summed E-state index contributed by atoms with van der Waals surface area (Å²) in [5.41, 5.74) is -0.549. The summed E-state index contributed by atoms with van der Waals surface area (Å²) in [6.07, 6.45) is 3.73. The highest BCUT2D eigenvalue weighted by Crippen LogP contribution is 2.24. The van der Waals surface area contributed by atoms with Gasteiger partial charge in [0, 0.05) is 18.8 Å². The molecule has 0 fully saturated rings. The molecule has 0 atom stereocenters. The van der Waals surface area contributed by atoms with E-state index in [4.69, 9.17) is 14.2 Å². The SMILES string of the molecule is C=CC(=O)OCC(CC)(COCCC)COC(=O)C=C. The highest BCUT2D eigenvalue weighted by atomic mass is 16.6. The fourth-order valence-electron chi connectivity index (χ4n) is 1.43. The van der Waals surface area contributed by atoms with Gasteiger partial charge in [0.05, 0.1) is 12.0 Å². The molecular formula is C15H24O5. The fraction of sp³-hybridized carbons (Fsp3) is 0.600. The van der Waals surface area contributed by atoms with Crippen LogP contribution in [0.5, 0.6) is 0 Å². The molecule has 5 nitrogen and oxygen atoms in total. The number of hydrogen-bond donors (Lipinski definition) is 0. The first-order chi connectivity index (χ1) is 9.53. The maximum atomic E-state index is 11.2. The van der Waals surface area contributed by atoms with Crippen LogP contribution < -0.4 is 0 Å². The van der Waals surface area contributed by atoms with Crippen LogP contribution in [0.2, 0.25) is 0 Å². The summed E-state index contributed by atoms with van der Waals surface area (Å²) in [5, 5.41) is 0. The van der Waals surface area contributed by atoms with Crippen LogP contribution in [0.1, 0.15) is 26.7 Å². The van der Waals surface area contributed by atoms with Gasteiger partial charge >= 0.3 is 11.9 Å². The van der Waals surface area contributed by atoms with Crippen molar-refractivity contribution in [1.82, 2.24) is 0 Å². The third-order valence-electron chi connectivity index (χ3n) is 2.88. The zero-order valence-electron chi connectivity index (χ0n) is 12.4. The van der Waals surface area contributed by atoms with Gasteiger partial charge in [-0.05, 0) is 12.8 Å². The Morgan fingerprint density at radius 1 is 1.00 bits per heavy atom. The van der Waals surface area contributed by atoms with Gasteiger partial charge in [-0.15, -0.1) is 0 Å². The first-order valence-corrected chi connectivity index (χ1v) is 6.69. The molecule has 0 saturated carbocycles. The lowest BCUT2D eigenvalue weighted by molar-refractivity contribution is -0.151. The van der Waals surface area contributed by atoms with Crippen molar-refractivity contribution in [3.63, 3.8) is 0 Å². The van der Waals surface area contributed by atoms with E-state index < -0.39 is 17.4 Å². The van der Waals surface area contributed by atoms with E-state index in [1.807, 2.05) is 13.8 Å². The van der Waals surface area contributed by atoms with E-state index in [1.54, 1.807) is 0 Å². The Morgan fingerprint density at radius 3 is 1.85 bits per heavy atom. The minimum atomic E-state index is -0.549. The summed E-state index contributed by atoms with van der Waals surface area (Å²) in [6.45, 7) is 11.8.